The Bertz CT molecular complexity index is 290. The Hall–Kier alpha value is -0.300. The molecule has 4 unspecified atom stereocenters. The number of rotatable bonds is 0. The maximum Gasteiger partial charge on any atom is 0.0659 e. The van der Waals surface area contributed by atoms with E-state index in [9.17, 15) is 5.11 Å². The standard InChI is InChI=1S/C13H20O/c1-13(2)7-9-6-8-4-3-5-10(8)11(9)12(13)14/h5,8-9,11-12,14H,3-4,6-7H2,1-2H3. The third-order valence-corrected chi connectivity index (χ3v) is 4.78. The molecule has 0 radical (unpaired) electrons. The molecule has 0 bridgehead atoms. The number of aliphatic hydroxyl groups is 1. The summed E-state index contributed by atoms with van der Waals surface area (Å²) >= 11 is 0. The van der Waals surface area contributed by atoms with Gasteiger partial charge < -0.3 is 5.11 Å². The molecule has 0 aromatic rings. The van der Waals surface area contributed by atoms with Crippen LogP contribution in [0.2, 0.25) is 0 Å². The molecule has 0 aromatic carbocycles. The molecule has 0 aromatic heterocycles. The minimum absolute atomic E-state index is 0.0816. The van der Waals surface area contributed by atoms with Gasteiger partial charge in [-0.05, 0) is 42.9 Å². The van der Waals surface area contributed by atoms with Gasteiger partial charge in [-0.15, -0.1) is 0 Å². The van der Waals surface area contributed by atoms with Gasteiger partial charge in [-0.25, -0.2) is 0 Å². The first kappa shape index (κ1) is 8.96. The number of allylic oxidation sites excluding steroid dienone is 1. The number of hydrogen-bond acceptors (Lipinski definition) is 1. The van der Waals surface area contributed by atoms with Gasteiger partial charge in [0.2, 0.25) is 0 Å². The lowest BCUT2D eigenvalue weighted by molar-refractivity contribution is 0.0554. The third-order valence-electron chi connectivity index (χ3n) is 4.78. The van der Waals surface area contributed by atoms with E-state index >= 15 is 0 Å². The molecule has 1 nitrogen and oxygen atoms in total. The highest BCUT2D eigenvalue weighted by Crippen LogP contribution is 2.59. The first-order valence-corrected chi connectivity index (χ1v) is 5.97. The first-order valence-electron chi connectivity index (χ1n) is 5.97. The zero-order chi connectivity index (χ0) is 9.92. The van der Waals surface area contributed by atoms with Gasteiger partial charge in [-0.1, -0.05) is 25.5 Å². The number of aliphatic hydroxyl groups excluding tert-OH is 1. The van der Waals surface area contributed by atoms with Crippen molar-refractivity contribution in [3.63, 3.8) is 0 Å². The molecule has 3 rings (SSSR count). The molecule has 14 heavy (non-hydrogen) atoms. The number of fused-ring (bicyclic) bond motifs is 3. The minimum Gasteiger partial charge on any atom is -0.392 e. The summed E-state index contributed by atoms with van der Waals surface area (Å²) in [6.07, 6.45) is 7.54. The van der Waals surface area contributed by atoms with E-state index in [2.05, 4.69) is 19.9 Å². The summed E-state index contributed by atoms with van der Waals surface area (Å²) < 4.78 is 0. The summed E-state index contributed by atoms with van der Waals surface area (Å²) in [4.78, 5) is 0. The SMILES string of the molecule is CC1(C)CC2CC3CCC=C3C2C1O. The summed E-state index contributed by atoms with van der Waals surface area (Å²) in [5, 5.41) is 10.3. The lowest BCUT2D eigenvalue weighted by Gasteiger charge is -2.26. The van der Waals surface area contributed by atoms with E-state index in [1.165, 1.54) is 25.7 Å². The predicted octanol–water partition coefficient (Wildman–Crippen LogP) is 2.75. The smallest absolute Gasteiger partial charge is 0.0659 e. The van der Waals surface area contributed by atoms with Crippen LogP contribution in [0.3, 0.4) is 0 Å². The first-order chi connectivity index (χ1) is 6.59. The van der Waals surface area contributed by atoms with E-state index in [-0.39, 0.29) is 11.5 Å². The van der Waals surface area contributed by atoms with Gasteiger partial charge in [0.15, 0.2) is 0 Å². The van der Waals surface area contributed by atoms with Crippen LogP contribution in [0, 0.1) is 23.2 Å². The van der Waals surface area contributed by atoms with Gasteiger partial charge in [-0.3, -0.25) is 0 Å². The third kappa shape index (κ3) is 0.995. The van der Waals surface area contributed by atoms with Crippen LogP contribution in [0.25, 0.3) is 0 Å². The van der Waals surface area contributed by atoms with E-state index in [1.807, 2.05) is 0 Å². The van der Waals surface area contributed by atoms with Gasteiger partial charge in [-0.2, -0.15) is 0 Å². The van der Waals surface area contributed by atoms with Crippen molar-refractivity contribution in [1.82, 2.24) is 0 Å². The molecule has 1 N–H and O–H groups in total. The summed E-state index contributed by atoms with van der Waals surface area (Å²) in [6, 6.07) is 0. The molecular weight excluding hydrogens is 172 g/mol. The molecule has 3 aliphatic rings. The van der Waals surface area contributed by atoms with Crippen LogP contribution in [0.5, 0.6) is 0 Å². The van der Waals surface area contributed by atoms with Gasteiger partial charge in [0.25, 0.3) is 0 Å². The zero-order valence-electron chi connectivity index (χ0n) is 9.16. The number of hydrogen-bond donors (Lipinski definition) is 1. The van der Waals surface area contributed by atoms with Crippen LogP contribution in [-0.4, -0.2) is 11.2 Å². The van der Waals surface area contributed by atoms with Crippen LogP contribution < -0.4 is 0 Å². The van der Waals surface area contributed by atoms with E-state index in [0.717, 1.165) is 11.8 Å². The van der Waals surface area contributed by atoms with Crippen molar-refractivity contribution < 1.29 is 5.11 Å². The Labute approximate surface area is 86.2 Å². The fourth-order valence-corrected chi connectivity index (χ4v) is 4.16. The lowest BCUT2D eigenvalue weighted by atomic mass is 9.83. The maximum atomic E-state index is 10.3. The second kappa shape index (κ2) is 2.63. The van der Waals surface area contributed by atoms with Crippen LogP contribution in [-0.2, 0) is 0 Å². The molecule has 0 heterocycles. The van der Waals surface area contributed by atoms with E-state index in [0.29, 0.717) is 5.92 Å². The molecule has 4 atom stereocenters. The summed E-state index contributed by atoms with van der Waals surface area (Å²) in [5.74, 6) is 2.16. The largest absolute Gasteiger partial charge is 0.392 e. The Balaban J connectivity index is 1.94. The normalized spacial score (nSPS) is 48.9. The van der Waals surface area contributed by atoms with Crippen LogP contribution in [0.15, 0.2) is 11.6 Å². The lowest BCUT2D eigenvalue weighted by Crippen LogP contribution is -2.28. The highest BCUT2D eigenvalue weighted by atomic mass is 16.3. The van der Waals surface area contributed by atoms with Gasteiger partial charge in [0, 0.05) is 5.92 Å². The van der Waals surface area contributed by atoms with Gasteiger partial charge in [0.05, 0.1) is 6.10 Å². The minimum atomic E-state index is -0.0816. The van der Waals surface area contributed by atoms with Crippen molar-refractivity contribution in [2.24, 2.45) is 23.2 Å². The summed E-state index contributed by atoms with van der Waals surface area (Å²) in [7, 11) is 0. The van der Waals surface area contributed by atoms with Crippen molar-refractivity contribution in [3.05, 3.63) is 11.6 Å². The fraction of sp³-hybridized carbons (Fsp3) is 0.846. The zero-order valence-corrected chi connectivity index (χ0v) is 9.16. The van der Waals surface area contributed by atoms with Crippen molar-refractivity contribution in [1.29, 1.82) is 0 Å². The molecule has 78 valence electrons. The van der Waals surface area contributed by atoms with Crippen molar-refractivity contribution in [3.8, 4) is 0 Å². The molecule has 1 heteroatoms. The summed E-state index contributed by atoms with van der Waals surface area (Å²) in [5.41, 5.74) is 1.78. The highest BCUT2D eigenvalue weighted by Gasteiger charge is 2.54. The van der Waals surface area contributed by atoms with E-state index in [4.69, 9.17) is 0 Å². The second-order valence-electron chi connectivity index (χ2n) is 6.14. The quantitative estimate of drug-likeness (QED) is 0.585. The summed E-state index contributed by atoms with van der Waals surface area (Å²) in [6.45, 7) is 4.45. The molecule has 3 aliphatic carbocycles. The van der Waals surface area contributed by atoms with Crippen LogP contribution in [0.1, 0.15) is 39.5 Å². The molecule has 0 spiro atoms. The average Bonchev–Trinajstić information content (AvgIpc) is 2.65. The van der Waals surface area contributed by atoms with Crippen LogP contribution >= 0.6 is 0 Å². The molecular formula is C13H20O. The van der Waals surface area contributed by atoms with Crippen molar-refractivity contribution in [2.45, 2.75) is 45.6 Å². The molecule has 2 fully saturated rings. The predicted molar refractivity (Wildman–Crippen MR) is 56.8 cm³/mol. The highest BCUT2D eigenvalue weighted by molar-refractivity contribution is 5.27. The molecule has 0 aliphatic heterocycles. The van der Waals surface area contributed by atoms with E-state index in [1.54, 1.807) is 5.57 Å². The maximum absolute atomic E-state index is 10.3. The van der Waals surface area contributed by atoms with Gasteiger partial charge in [0.1, 0.15) is 0 Å². The Kier molecular flexibility index (Phi) is 1.69. The van der Waals surface area contributed by atoms with Crippen LogP contribution in [0.4, 0.5) is 0 Å². The topological polar surface area (TPSA) is 20.2 Å². The van der Waals surface area contributed by atoms with Crippen molar-refractivity contribution >= 4 is 0 Å². The molecule has 2 saturated carbocycles. The van der Waals surface area contributed by atoms with Crippen molar-refractivity contribution in [2.75, 3.05) is 0 Å². The Morgan fingerprint density at radius 1 is 1.43 bits per heavy atom. The average molecular weight is 192 g/mol. The second-order valence-corrected chi connectivity index (χ2v) is 6.14. The molecule has 0 saturated heterocycles. The fourth-order valence-electron chi connectivity index (χ4n) is 4.16. The monoisotopic (exact) mass is 192 g/mol. The molecule has 0 amide bonds. The Morgan fingerprint density at radius 2 is 2.21 bits per heavy atom. The van der Waals surface area contributed by atoms with Gasteiger partial charge >= 0.3 is 0 Å². The Morgan fingerprint density at radius 3 is 3.00 bits per heavy atom. The van der Waals surface area contributed by atoms with E-state index < -0.39 is 0 Å².